The standard InChI is InChI=1S/C12H24N4O/c1-12(2,15(3)4)10-13-8-11(17)9-16-7-5-6-14-16/h5-7,11,13,17H,8-10H2,1-4H3. The fourth-order valence-corrected chi connectivity index (χ4v) is 1.39. The van der Waals surface area contributed by atoms with Crippen molar-refractivity contribution in [1.29, 1.82) is 0 Å². The highest BCUT2D eigenvalue weighted by Crippen LogP contribution is 2.07. The molecule has 17 heavy (non-hydrogen) atoms. The van der Waals surface area contributed by atoms with Gasteiger partial charge in [-0.05, 0) is 34.0 Å². The van der Waals surface area contributed by atoms with Crippen LogP contribution in [0, 0.1) is 0 Å². The van der Waals surface area contributed by atoms with Crippen LogP contribution < -0.4 is 5.32 Å². The summed E-state index contributed by atoms with van der Waals surface area (Å²) in [6, 6.07) is 1.86. The van der Waals surface area contributed by atoms with Crippen molar-refractivity contribution >= 4 is 0 Å². The summed E-state index contributed by atoms with van der Waals surface area (Å²) in [6.07, 6.45) is 3.16. The highest BCUT2D eigenvalue weighted by Gasteiger charge is 2.19. The summed E-state index contributed by atoms with van der Waals surface area (Å²) in [6.45, 7) is 6.29. The fraction of sp³-hybridized carbons (Fsp3) is 0.750. The molecule has 1 unspecified atom stereocenters. The molecule has 1 atom stereocenters. The number of hydrogen-bond acceptors (Lipinski definition) is 4. The van der Waals surface area contributed by atoms with Crippen LogP contribution in [0.25, 0.3) is 0 Å². The van der Waals surface area contributed by atoms with E-state index in [2.05, 4.69) is 43.3 Å². The zero-order valence-corrected chi connectivity index (χ0v) is 11.2. The van der Waals surface area contributed by atoms with Crippen molar-refractivity contribution in [1.82, 2.24) is 20.0 Å². The number of hydrogen-bond donors (Lipinski definition) is 2. The lowest BCUT2D eigenvalue weighted by Crippen LogP contribution is -2.48. The van der Waals surface area contributed by atoms with Crippen LogP contribution in [0.2, 0.25) is 0 Å². The quantitative estimate of drug-likeness (QED) is 0.713. The first kappa shape index (κ1) is 14.2. The Labute approximate surface area is 103 Å². The lowest BCUT2D eigenvalue weighted by molar-refractivity contribution is 0.133. The molecule has 98 valence electrons. The number of rotatable bonds is 7. The number of aliphatic hydroxyl groups is 1. The van der Waals surface area contributed by atoms with Gasteiger partial charge in [-0.2, -0.15) is 5.10 Å². The molecule has 1 rings (SSSR count). The third-order valence-electron chi connectivity index (χ3n) is 3.11. The Balaban J connectivity index is 2.22. The van der Waals surface area contributed by atoms with Gasteiger partial charge in [0.15, 0.2) is 0 Å². The van der Waals surface area contributed by atoms with E-state index in [0.29, 0.717) is 13.1 Å². The Bertz CT molecular complexity index is 308. The van der Waals surface area contributed by atoms with Gasteiger partial charge >= 0.3 is 0 Å². The van der Waals surface area contributed by atoms with Gasteiger partial charge in [-0.15, -0.1) is 0 Å². The minimum Gasteiger partial charge on any atom is -0.390 e. The predicted octanol–water partition coefficient (Wildman–Crippen LogP) is 0.174. The number of aliphatic hydroxyl groups excluding tert-OH is 1. The predicted molar refractivity (Wildman–Crippen MR) is 68.9 cm³/mol. The molecule has 2 N–H and O–H groups in total. The molecule has 0 aliphatic heterocycles. The van der Waals surface area contributed by atoms with Crippen molar-refractivity contribution in [3.8, 4) is 0 Å². The molecule has 0 spiro atoms. The molecule has 5 nitrogen and oxygen atoms in total. The van der Waals surface area contributed by atoms with Crippen LogP contribution in [0.15, 0.2) is 18.5 Å². The highest BCUT2D eigenvalue weighted by atomic mass is 16.3. The van der Waals surface area contributed by atoms with E-state index < -0.39 is 6.10 Å². The SMILES string of the molecule is CN(C)C(C)(C)CNCC(O)Cn1cccn1. The van der Waals surface area contributed by atoms with Crippen molar-refractivity contribution in [3.05, 3.63) is 18.5 Å². The van der Waals surface area contributed by atoms with Gasteiger partial charge in [-0.25, -0.2) is 0 Å². The number of nitrogens with zero attached hydrogens (tertiary/aromatic N) is 3. The molecule has 0 amide bonds. The van der Waals surface area contributed by atoms with Gasteiger partial charge in [0.2, 0.25) is 0 Å². The van der Waals surface area contributed by atoms with E-state index in [-0.39, 0.29) is 5.54 Å². The molecule has 0 fully saturated rings. The van der Waals surface area contributed by atoms with Crippen LogP contribution in [0.5, 0.6) is 0 Å². The summed E-state index contributed by atoms with van der Waals surface area (Å²) in [7, 11) is 4.11. The van der Waals surface area contributed by atoms with E-state index in [4.69, 9.17) is 0 Å². The Morgan fingerprint density at radius 2 is 2.18 bits per heavy atom. The average Bonchev–Trinajstić information content (AvgIpc) is 2.69. The van der Waals surface area contributed by atoms with Crippen LogP contribution in [0.4, 0.5) is 0 Å². The molecular formula is C12H24N4O. The Morgan fingerprint density at radius 1 is 1.47 bits per heavy atom. The minimum atomic E-state index is -0.409. The summed E-state index contributed by atoms with van der Waals surface area (Å²) >= 11 is 0. The zero-order valence-electron chi connectivity index (χ0n) is 11.2. The van der Waals surface area contributed by atoms with Gasteiger partial charge in [-0.3, -0.25) is 4.68 Å². The maximum absolute atomic E-state index is 9.82. The van der Waals surface area contributed by atoms with Gasteiger partial charge in [0.25, 0.3) is 0 Å². The molecule has 0 radical (unpaired) electrons. The molecule has 1 aromatic rings. The molecule has 0 saturated heterocycles. The molecule has 1 aromatic heterocycles. The molecule has 0 aromatic carbocycles. The van der Waals surface area contributed by atoms with E-state index in [1.54, 1.807) is 10.9 Å². The highest BCUT2D eigenvalue weighted by molar-refractivity contribution is 4.81. The molecule has 0 saturated carbocycles. The molecular weight excluding hydrogens is 216 g/mol. The van der Waals surface area contributed by atoms with Crippen molar-refractivity contribution in [3.63, 3.8) is 0 Å². The van der Waals surface area contributed by atoms with Crippen molar-refractivity contribution in [2.24, 2.45) is 0 Å². The molecule has 0 aliphatic carbocycles. The van der Waals surface area contributed by atoms with E-state index >= 15 is 0 Å². The Morgan fingerprint density at radius 3 is 2.71 bits per heavy atom. The largest absolute Gasteiger partial charge is 0.390 e. The molecule has 5 heteroatoms. The van der Waals surface area contributed by atoms with Crippen LogP contribution >= 0.6 is 0 Å². The smallest absolute Gasteiger partial charge is 0.0860 e. The van der Waals surface area contributed by atoms with Crippen LogP contribution in [-0.4, -0.2) is 58.6 Å². The molecule has 1 heterocycles. The second-order valence-corrected chi connectivity index (χ2v) is 5.22. The van der Waals surface area contributed by atoms with E-state index in [1.165, 1.54) is 0 Å². The van der Waals surface area contributed by atoms with Crippen LogP contribution in [0.1, 0.15) is 13.8 Å². The molecule has 0 bridgehead atoms. The number of likely N-dealkylation sites (N-methyl/N-ethyl adjacent to an activating group) is 1. The Hall–Kier alpha value is -0.910. The van der Waals surface area contributed by atoms with Crippen molar-refractivity contribution in [2.75, 3.05) is 27.2 Å². The van der Waals surface area contributed by atoms with Gasteiger partial charge in [0.1, 0.15) is 0 Å². The zero-order chi connectivity index (χ0) is 12.9. The van der Waals surface area contributed by atoms with E-state index in [0.717, 1.165) is 6.54 Å². The van der Waals surface area contributed by atoms with Crippen molar-refractivity contribution in [2.45, 2.75) is 32.0 Å². The normalized spacial score (nSPS) is 14.2. The average molecular weight is 240 g/mol. The number of nitrogens with one attached hydrogen (secondary N) is 1. The lowest BCUT2D eigenvalue weighted by atomic mass is 10.0. The minimum absolute atomic E-state index is 0.0887. The molecule has 0 aliphatic rings. The second kappa shape index (κ2) is 6.14. The van der Waals surface area contributed by atoms with Crippen molar-refractivity contribution < 1.29 is 5.11 Å². The third kappa shape index (κ3) is 4.85. The first-order valence-corrected chi connectivity index (χ1v) is 5.95. The monoisotopic (exact) mass is 240 g/mol. The fourth-order valence-electron chi connectivity index (χ4n) is 1.39. The summed E-state index contributed by atoms with van der Waals surface area (Å²) in [5.74, 6) is 0. The summed E-state index contributed by atoms with van der Waals surface area (Å²) < 4.78 is 1.74. The van der Waals surface area contributed by atoms with E-state index in [1.807, 2.05) is 12.3 Å². The van der Waals surface area contributed by atoms with Gasteiger partial charge in [0, 0.05) is 31.0 Å². The second-order valence-electron chi connectivity index (χ2n) is 5.22. The first-order chi connectivity index (χ1) is 7.92. The number of aromatic nitrogens is 2. The maximum atomic E-state index is 9.82. The Kier molecular flexibility index (Phi) is 5.11. The van der Waals surface area contributed by atoms with Gasteiger partial charge in [-0.1, -0.05) is 0 Å². The summed E-state index contributed by atoms with van der Waals surface area (Å²) in [5.41, 5.74) is 0.0887. The lowest BCUT2D eigenvalue weighted by Gasteiger charge is -2.33. The van der Waals surface area contributed by atoms with Crippen LogP contribution in [-0.2, 0) is 6.54 Å². The third-order valence-corrected chi connectivity index (χ3v) is 3.11. The summed E-state index contributed by atoms with van der Waals surface area (Å²) in [4.78, 5) is 2.17. The van der Waals surface area contributed by atoms with Crippen LogP contribution in [0.3, 0.4) is 0 Å². The summed E-state index contributed by atoms with van der Waals surface area (Å²) in [5, 5.41) is 17.2. The van der Waals surface area contributed by atoms with Gasteiger partial charge < -0.3 is 15.3 Å². The van der Waals surface area contributed by atoms with Gasteiger partial charge in [0.05, 0.1) is 12.6 Å². The topological polar surface area (TPSA) is 53.3 Å². The maximum Gasteiger partial charge on any atom is 0.0860 e. The van der Waals surface area contributed by atoms with E-state index in [9.17, 15) is 5.11 Å². The first-order valence-electron chi connectivity index (χ1n) is 5.95.